The first-order chi connectivity index (χ1) is 11.1. The number of para-hydroxylation sites is 1. The maximum atomic E-state index is 12.7. The molecular formula is C17H20N4O2. The lowest BCUT2D eigenvalue weighted by molar-refractivity contribution is 0.0699. The number of aryl methyl sites for hydroxylation is 1. The van der Waals surface area contributed by atoms with Crippen LogP contribution in [0, 0.1) is 6.92 Å². The van der Waals surface area contributed by atoms with E-state index in [1.807, 2.05) is 44.2 Å². The molecular weight excluding hydrogens is 292 g/mol. The van der Waals surface area contributed by atoms with Gasteiger partial charge in [-0.15, -0.1) is 0 Å². The number of hydrogen-bond donors (Lipinski definition) is 1. The van der Waals surface area contributed by atoms with Gasteiger partial charge in [-0.25, -0.2) is 4.68 Å². The van der Waals surface area contributed by atoms with E-state index in [0.29, 0.717) is 18.8 Å². The highest BCUT2D eigenvalue weighted by Crippen LogP contribution is 2.09. The summed E-state index contributed by atoms with van der Waals surface area (Å²) in [7, 11) is 0. The van der Waals surface area contributed by atoms with Crippen LogP contribution >= 0.6 is 0 Å². The summed E-state index contributed by atoms with van der Waals surface area (Å²) in [5, 5.41) is 7.62. The Morgan fingerprint density at radius 3 is 2.74 bits per heavy atom. The van der Waals surface area contributed by atoms with Crippen LogP contribution in [0.3, 0.4) is 0 Å². The summed E-state index contributed by atoms with van der Waals surface area (Å²) in [5.74, 6) is -0.298. The van der Waals surface area contributed by atoms with Crippen LogP contribution in [-0.2, 0) is 0 Å². The summed E-state index contributed by atoms with van der Waals surface area (Å²) in [6.45, 7) is 5.72. The van der Waals surface area contributed by atoms with Crippen molar-refractivity contribution >= 4 is 5.91 Å². The lowest BCUT2D eigenvalue weighted by atomic mass is 10.2. The van der Waals surface area contributed by atoms with E-state index in [4.69, 9.17) is 0 Å². The number of carbonyl (C=O) groups excluding carboxylic acids is 1. The van der Waals surface area contributed by atoms with E-state index < -0.39 is 0 Å². The Bertz CT molecular complexity index is 770. The summed E-state index contributed by atoms with van der Waals surface area (Å²) in [5.41, 5.74) is 1.18. The van der Waals surface area contributed by atoms with Gasteiger partial charge in [0.2, 0.25) is 5.43 Å². The van der Waals surface area contributed by atoms with Gasteiger partial charge in [-0.1, -0.05) is 18.2 Å². The maximum Gasteiger partial charge on any atom is 0.278 e. The Morgan fingerprint density at radius 1 is 1.30 bits per heavy atom. The molecule has 6 nitrogen and oxygen atoms in total. The normalized spacial score (nSPS) is 18.0. The Kier molecular flexibility index (Phi) is 4.25. The number of hydrogen-bond acceptors (Lipinski definition) is 4. The molecule has 1 amide bonds. The maximum absolute atomic E-state index is 12.7. The molecule has 1 N–H and O–H groups in total. The minimum Gasteiger partial charge on any atom is -0.334 e. The number of piperazine rings is 1. The highest BCUT2D eigenvalue weighted by Gasteiger charge is 2.25. The molecule has 1 atom stereocenters. The Balaban J connectivity index is 1.99. The smallest absolute Gasteiger partial charge is 0.278 e. The number of benzene rings is 1. The van der Waals surface area contributed by atoms with Crippen molar-refractivity contribution in [1.82, 2.24) is 20.0 Å². The fourth-order valence-corrected chi connectivity index (χ4v) is 2.79. The van der Waals surface area contributed by atoms with Gasteiger partial charge < -0.3 is 10.2 Å². The monoisotopic (exact) mass is 312 g/mol. The van der Waals surface area contributed by atoms with Crippen molar-refractivity contribution in [3.63, 3.8) is 0 Å². The van der Waals surface area contributed by atoms with Crippen molar-refractivity contribution < 1.29 is 4.79 Å². The number of aromatic nitrogens is 2. The topological polar surface area (TPSA) is 67.2 Å². The van der Waals surface area contributed by atoms with Crippen LogP contribution in [0.5, 0.6) is 0 Å². The zero-order chi connectivity index (χ0) is 16.4. The zero-order valence-corrected chi connectivity index (χ0v) is 13.3. The molecule has 0 aliphatic carbocycles. The average Bonchev–Trinajstić information content (AvgIpc) is 2.55. The lowest BCUT2D eigenvalue weighted by Crippen LogP contribution is -2.52. The highest BCUT2D eigenvalue weighted by atomic mass is 16.2. The number of rotatable bonds is 2. The molecule has 1 aliphatic rings. The third-order valence-corrected chi connectivity index (χ3v) is 3.97. The van der Waals surface area contributed by atoms with Crippen molar-refractivity contribution in [3.8, 4) is 5.69 Å². The molecule has 2 aromatic rings. The number of carbonyl (C=O) groups is 1. The molecule has 1 saturated heterocycles. The first-order valence-electron chi connectivity index (χ1n) is 7.75. The Morgan fingerprint density at radius 2 is 2.04 bits per heavy atom. The molecule has 0 bridgehead atoms. The van der Waals surface area contributed by atoms with Crippen molar-refractivity contribution in [2.24, 2.45) is 0 Å². The van der Waals surface area contributed by atoms with Gasteiger partial charge in [-0.05, 0) is 26.0 Å². The third-order valence-electron chi connectivity index (χ3n) is 3.97. The second-order valence-corrected chi connectivity index (χ2v) is 5.85. The molecule has 23 heavy (non-hydrogen) atoms. The molecule has 0 radical (unpaired) electrons. The summed E-state index contributed by atoms with van der Waals surface area (Å²) in [6, 6.07) is 11.2. The molecule has 6 heteroatoms. The van der Waals surface area contributed by atoms with Crippen LogP contribution in [-0.4, -0.2) is 46.3 Å². The number of nitrogens with one attached hydrogen (secondary N) is 1. The molecule has 1 fully saturated rings. The third kappa shape index (κ3) is 3.17. The van der Waals surface area contributed by atoms with Crippen LogP contribution in [0.15, 0.2) is 41.2 Å². The van der Waals surface area contributed by atoms with Gasteiger partial charge in [0.1, 0.15) is 0 Å². The van der Waals surface area contributed by atoms with Crippen molar-refractivity contribution in [3.05, 3.63) is 58.0 Å². The Labute approximate surface area is 134 Å². The van der Waals surface area contributed by atoms with Gasteiger partial charge in [0.05, 0.1) is 5.69 Å². The fraction of sp³-hybridized carbons (Fsp3) is 0.353. The molecule has 0 spiro atoms. The number of amides is 1. The molecule has 1 aliphatic heterocycles. The van der Waals surface area contributed by atoms with E-state index in [-0.39, 0.29) is 23.1 Å². The van der Waals surface area contributed by atoms with E-state index in [2.05, 4.69) is 10.4 Å². The standard InChI is InChI=1S/C17H20N4O2/c1-12-11-20(9-8-18-12)17(23)16-15(22)10-13(2)21(19-16)14-6-4-3-5-7-14/h3-7,10,12,18H,8-9,11H2,1-2H3. The van der Waals surface area contributed by atoms with Crippen LogP contribution in [0.1, 0.15) is 23.1 Å². The lowest BCUT2D eigenvalue weighted by Gasteiger charge is -2.31. The van der Waals surface area contributed by atoms with E-state index in [1.54, 1.807) is 9.58 Å². The van der Waals surface area contributed by atoms with Crippen molar-refractivity contribution in [1.29, 1.82) is 0 Å². The SMILES string of the molecule is Cc1cc(=O)c(C(=O)N2CCNC(C)C2)nn1-c1ccccc1. The van der Waals surface area contributed by atoms with Crippen LogP contribution in [0.2, 0.25) is 0 Å². The first-order valence-corrected chi connectivity index (χ1v) is 7.75. The van der Waals surface area contributed by atoms with Crippen molar-refractivity contribution in [2.75, 3.05) is 19.6 Å². The van der Waals surface area contributed by atoms with E-state index >= 15 is 0 Å². The van der Waals surface area contributed by atoms with E-state index in [9.17, 15) is 9.59 Å². The minimum absolute atomic E-state index is 0.0199. The molecule has 2 heterocycles. The van der Waals surface area contributed by atoms with Crippen LogP contribution in [0.4, 0.5) is 0 Å². The minimum atomic E-state index is -0.328. The summed E-state index contributed by atoms with van der Waals surface area (Å²) in [4.78, 5) is 26.6. The molecule has 0 saturated carbocycles. The van der Waals surface area contributed by atoms with Gasteiger partial charge in [0.15, 0.2) is 5.69 Å². The summed E-state index contributed by atoms with van der Waals surface area (Å²) in [6.07, 6.45) is 0. The molecule has 1 aromatic heterocycles. The molecule has 1 aromatic carbocycles. The molecule has 1 unspecified atom stereocenters. The largest absolute Gasteiger partial charge is 0.334 e. The zero-order valence-electron chi connectivity index (χ0n) is 13.3. The average molecular weight is 312 g/mol. The van der Waals surface area contributed by atoms with Crippen LogP contribution < -0.4 is 10.7 Å². The Hall–Kier alpha value is -2.47. The van der Waals surface area contributed by atoms with Crippen molar-refractivity contribution in [2.45, 2.75) is 19.9 Å². The summed E-state index contributed by atoms with van der Waals surface area (Å²) >= 11 is 0. The fourth-order valence-electron chi connectivity index (χ4n) is 2.79. The summed E-state index contributed by atoms with van der Waals surface area (Å²) < 4.78 is 1.64. The van der Waals surface area contributed by atoms with Gasteiger partial charge in [-0.3, -0.25) is 9.59 Å². The van der Waals surface area contributed by atoms with Gasteiger partial charge in [-0.2, -0.15) is 5.10 Å². The van der Waals surface area contributed by atoms with E-state index in [1.165, 1.54) is 6.07 Å². The predicted octanol–water partition coefficient (Wildman–Crippen LogP) is 0.975. The van der Waals surface area contributed by atoms with Gasteiger partial charge >= 0.3 is 0 Å². The second kappa shape index (κ2) is 6.34. The van der Waals surface area contributed by atoms with Gasteiger partial charge in [0, 0.05) is 37.4 Å². The quantitative estimate of drug-likeness (QED) is 0.897. The van der Waals surface area contributed by atoms with E-state index in [0.717, 1.165) is 12.2 Å². The van der Waals surface area contributed by atoms with Gasteiger partial charge in [0.25, 0.3) is 5.91 Å². The second-order valence-electron chi connectivity index (χ2n) is 5.85. The predicted molar refractivity (Wildman–Crippen MR) is 87.9 cm³/mol. The first kappa shape index (κ1) is 15.4. The van der Waals surface area contributed by atoms with Crippen LogP contribution in [0.25, 0.3) is 5.69 Å². The molecule has 3 rings (SSSR count). The number of nitrogens with zero attached hydrogens (tertiary/aromatic N) is 3. The highest BCUT2D eigenvalue weighted by molar-refractivity contribution is 5.92. The molecule has 120 valence electrons.